The molecule has 0 bridgehead atoms. The summed E-state index contributed by atoms with van der Waals surface area (Å²) in [5.41, 5.74) is 0.222. The molecule has 26 heavy (non-hydrogen) atoms. The van der Waals surface area contributed by atoms with Crippen LogP contribution in [0.3, 0.4) is 0 Å². The van der Waals surface area contributed by atoms with Crippen LogP contribution in [-0.4, -0.2) is 28.7 Å². The zero-order valence-electron chi connectivity index (χ0n) is 14.1. The summed E-state index contributed by atoms with van der Waals surface area (Å²) in [6.07, 6.45) is 2.17. The average Bonchev–Trinajstić information content (AvgIpc) is 2.84. The van der Waals surface area contributed by atoms with E-state index in [9.17, 15) is 18.4 Å². The van der Waals surface area contributed by atoms with Crippen LogP contribution in [0, 0.1) is 11.6 Å². The molecule has 1 atom stereocenters. The first-order valence-corrected chi connectivity index (χ1v) is 8.09. The van der Waals surface area contributed by atoms with E-state index in [-0.39, 0.29) is 5.56 Å². The Bertz CT molecular complexity index is 870. The van der Waals surface area contributed by atoms with Gasteiger partial charge in [-0.2, -0.15) is 5.10 Å². The van der Waals surface area contributed by atoms with Gasteiger partial charge in [-0.15, -0.1) is 5.01 Å². The Morgan fingerprint density at radius 3 is 2.54 bits per heavy atom. The average molecular weight is 357 g/mol. The quantitative estimate of drug-likeness (QED) is 0.660. The number of nitrogens with one attached hydrogen (secondary N) is 1. The molecule has 1 aliphatic rings. The summed E-state index contributed by atoms with van der Waals surface area (Å²) in [7, 11) is 0. The molecule has 1 heterocycles. The van der Waals surface area contributed by atoms with Gasteiger partial charge in [0.2, 0.25) is 0 Å². The monoisotopic (exact) mass is 357 g/mol. The van der Waals surface area contributed by atoms with Crippen molar-refractivity contribution in [2.75, 3.05) is 0 Å². The molecule has 0 radical (unpaired) electrons. The Hall–Kier alpha value is -3.09. The molecule has 2 aromatic rings. The Balaban J connectivity index is 1.71. The van der Waals surface area contributed by atoms with Crippen molar-refractivity contribution in [3.8, 4) is 0 Å². The number of hydrogen-bond donors (Lipinski definition) is 1. The minimum absolute atomic E-state index is 0.238. The van der Waals surface area contributed by atoms with E-state index in [2.05, 4.69) is 10.4 Å². The molecule has 0 saturated carbocycles. The molecular formula is C19H17F2N3O2. The number of halogens is 2. The second-order valence-electron chi connectivity index (χ2n) is 6.28. The van der Waals surface area contributed by atoms with E-state index in [4.69, 9.17) is 0 Å². The van der Waals surface area contributed by atoms with Crippen molar-refractivity contribution in [3.05, 3.63) is 71.3 Å². The first-order chi connectivity index (χ1) is 12.4. The van der Waals surface area contributed by atoms with Gasteiger partial charge in [-0.05, 0) is 43.0 Å². The zero-order valence-corrected chi connectivity index (χ0v) is 14.1. The lowest BCUT2D eigenvalue weighted by Gasteiger charge is -2.20. The standard InChI is InChI=1S/C19H17F2N3O2/c1-19(10-9-13-5-3-2-4-6-13)17(25)24(18(26)23-19)22-12-14-7-8-15(20)16(21)11-14/h2-8,11-12H,9-10H2,1H3,(H,23,26)/b22-12-/t19-/m1/s1. The molecule has 2 aromatic carbocycles. The summed E-state index contributed by atoms with van der Waals surface area (Å²) in [6.45, 7) is 1.64. The molecule has 1 fully saturated rings. The fourth-order valence-electron chi connectivity index (χ4n) is 2.70. The van der Waals surface area contributed by atoms with Crippen molar-refractivity contribution < 1.29 is 18.4 Å². The number of imide groups is 1. The van der Waals surface area contributed by atoms with Gasteiger partial charge in [-0.25, -0.2) is 13.6 Å². The van der Waals surface area contributed by atoms with E-state index in [0.29, 0.717) is 17.9 Å². The number of urea groups is 1. The Labute approximate surface area is 149 Å². The van der Waals surface area contributed by atoms with E-state index in [0.717, 1.165) is 23.9 Å². The third-order valence-corrected chi connectivity index (χ3v) is 4.26. The number of nitrogens with zero attached hydrogens (tertiary/aromatic N) is 2. The van der Waals surface area contributed by atoms with Gasteiger partial charge in [0.25, 0.3) is 5.91 Å². The summed E-state index contributed by atoms with van der Waals surface area (Å²) in [5.74, 6) is -2.50. The topological polar surface area (TPSA) is 61.8 Å². The minimum atomic E-state index is -1.07. The number of carbonyl (C=O) groups is 2. The van der Waals surface area contributed by atoms with E-state index in [1.807, 2.05) is 30.3 Å². The van der Waals surface area contributed by atoms with Crippen molar-refractivity contribution in [1.82, 2.24) is 10.3 Å². The van der Waals surface area contributed by atoms with Crippen LogP contribution in [0.4, 0.5) is 13.6 Å². The van der Waals surface area contributed by atoms with Crippen LogP contribution >= 0.6 is 0 Å². The van der Waals surface area contributed by atoms with Crippen LogP contribution in [0.1, 0.15) is 24.5 Å². The molecular weight excluding hydrogens is 340 g/mol. The SMILES string of the molecule is C[C@]1(CCc2ccccc2)NC(=O)N(/N=C\c2ccc(F)c(F)c2)C1=O. The van der Waals surface area contributed by atoms with Gasteiger partial charge in [-0.1, -0.05) is 36.4 Å². The summed E-state index contributed by atoms with van der Waals surface area (Å²) in [6, 6.07) is 12.2. The number of hydrogen-bond acceptors (Lipinski definition) is 3. The lowest BCUT2D eigenvalue weighted by molar-refractivity contribution is -0.130. The molecule has 1 aliphatic heterocycles. The summed E-state index contributed by atoms with van der Waals surface area (Å²) in [5, 5.41) is 7.20. The van der Waals surface area contributed by atoms with Gasteiger partial charge in [-0.3, -0.25) is 4.79 Å². The van der Waals surface area contributed by atoms with E-state index < -0.39 is 29.1 Å². The van der Waals surface area contributed by atoms with Gasteiger partial charge < -0.3 is 5.32 Å². The first kappa shape index (κ1) is 17.7. The molecule has 0 aromatic heterocycles. The summed E-state index contributed by atoms with van der Waals surface area (Å²) in [4.78, 5) is 24.7. The van der Waals surface area contributed by atoms with Crippen molar-refractivity contribution in [2.45, 2.75) is 25.3 Å². The number of carbonyl (C=O) groups excluding carboxylic acids is 2. The van der Waals surface area contributed by atoms with Crippen LogP contribution < -0.4 is 5.32 Å². The molecule has 3 rings (SSSR count). The van der Waals surface area contributed by atoms with Gasteiger partial charge in [0.05, 0.1) is 6.21 Å². The maximum absolute atomic E-state index is 13.2. The highest BCUT2D eigenvalue weighted by Gasteiger charge is 2.47. The first-order valence-electron chi connectivity index (χ1n) is 8.09. The van der Waals surface area contributed by atoms with Crippen LogP contribution in [0.25, 0.3) is 0 Å². The Morgan fingerprint density at radius 2 is 1.85 bits per heavy atom. The van der Waals surface area contributed by atoms with Crippen LogP contribution in [0.15, 0.2) is 53.6 Å². The van der Waals surface area contributed by atoms with Gasteiger partial charge >= 0.3 is 6.03 Å². The number of hydrazone groups is 1. The van der Waals surface area contributed by atoms with Gasteiger partial charge in [0.15, 0.2) is 11.6 Å². The summed E-state index contributed by atoms with van der Waals surface area (Å²) < 4.78 is 26.2. The van der Waals surface area contributed by atoms with E-state index >= 15 is 0 Å². The highest BCUT2D eigenvalue weighted by Crippen LogP contribution is 2.23. The van der Waals surface area contributed by atoms with Crippen molar-refractivity contribution in [3.63, 3.8) is 0 Å². The molecule has 0 spiro atoms. The highest BCUT2D eigenvalue weighted by molar-refractivity contribution is 6.07. The van der Waals surface area contributed by atoms with Crippen molar-refractivity contribution in [1.29, 1.82) is 0 Å². The Kier molecular flexibility index (Phi) is 4.79. The number of aryl methyl sites for hydroxylation is 1. The van der Waals surface area contributed by atoms with Crippen molar-refractivity contribution in [2.24, 2.45) is 5.10 Å². The fourth-order valence-corrected chi connectivity index (χ4v) is 2.70. The molecule has 0 unspecified atom stereocenters. The normalized spacial score (nSPS) is 20.0. The predicted octanol–water partition coefficient (Wildman–Crippen LogP) is 3.24. The molecule has 0 aliphatic carbocycles. The number of rotatable bonds is 5. The predicted molar refractivity (Wildman–Crippen MR) is 92.5 cm³/mol. The fraction of sp³-hybridized carbons (Fsp3) is 0.211. The molecule has 134 valence electrons. The summed E-state index contributed by atoms with van der Waals surface area (Å²) >= 11 is 0. The molecule has 3 amide bonds. The molecule has 1 saturated heterocycles. The van der Waals surface area contributed by atoms with Crippen LogP contribution in [0.5, 0.6) is 0 Å². The largest absolute Gasteiger partial charge is 0.346 e. The molecule has 5 nitrogen and oxygen atoms in total. The maximum Gasteiger partial charge on any atom is 0.346 e. The van der Waals surface area contributed by atoms with Crippen LogP contribution in [-0.2, 0) is 11.2 Å². The van der Waals surface area contributed by atoms with Crippen molar-refractivity contribution >= 4 is 18.2 Å². The number of benzene rings is 2. The molecule has 1 N–H and O–H groups in total. The zero-order chi connectivity index (χ0) is 18.7. The third-order valence-electron chi connectivity index (χ3n) is 4.26. The third kappa shape index (κ3) is 3.61. The Morgan fingerprint density at radius 1 is 1.12 bits per heavy atom. The second kappa shape index (κ2) is 7.03. The lowest BCUT2D eigenvalue weighted by atomic mass is 9.93. The minimum Gasteiger partial charge on any atom is -0.322 e. The maximum atomic E-state index is 13.2. The lowest BCUT2D eigenvalue weighted by Crippen LogP contribution is -2.44. The smallest absolute Gasteiger partial charge is 0.322 e. The molecule has 7 heteroatoms. The van der Waals surface area contributed by atoms with Crippen LogP contribution in [0.2, 0.25) is 0 Å². The highest BCUT2D eigenvalue weighted by atomic mass is 19.2. The number of amides is 3. The van der Waals surface area contributed by atoms with E-state index in [1.165, 1.54) is 6.07 Å². The second-order valence-corrected chi connectivity index (χ2v) is 6.28. The van der Waals surface area contributed by atoms with Gasteiger partial charge in [0.1, 0.15) is 5.54 Å². The van der Waals surface area contributed by atoms with Gasteiger partial charge in [0, 0.05) is 0 Å². The van der Waals surface area contributed by atoms with E-state index in [1.54, 1.807) is 6.92 Å².